The highest BCUT2D eigenvalue weighted by Crippen LogP contribution is 2.21. The van der Waals surface area contributed by atoms with E-state index >= 15 is 0 Å². The van der Waals surface area contributed by atoms with Gasteiger partial charge in [0.25, 0.3) is 0 Å². The zero-order valence-corrected chi connectivity index (χ0v) is 9.89. The first-order valence-corrected chi connectivity index (χ1v) is 5.48. The van der Waals surface area contributed by atoms with E-state index in [1.807, 2.05) is 20.2 Å². The van der Waals surface area contributed by atoms with Gasteiger partial charge in [-0.1, -0.05) is 12.1 Å². The molecule has 3 nitrogen and oxygen atoms in total. The molecule has 0 aliphatic heterocycles. The predicted octanol–water partition coefficient (Wildman–Crippen LogP) is 2.14. The number of rotatable bonds is 3. The fraction of sp³-hybridized carbons (Fsp3) is 0.308. The number of nitrogens with zero attached hydrogens (tertiary/aromatic N) is 2. The highest BCUT2D eigenvalue weighted by molar-refractivity contribution is 5.26. The number of aliphatic hydroxyl groups is 1. The highest BCUT2D eigenvalue weighted by Gasteiger charge is 2.14. The molecule has 4 heteroatoms. The highest BCUT2D eigenvalue weighted by atomic mass is 19.1. The van der Waals surface area contributed by atoms with E-state index in [0.717, 1.165) is 11.1 Å². The standard InChI is InChI=1S/C13H15FN2O/c1-9-3-4-11(12(14)5-9)13(17)6-10-7-15-16(2)8-10/h3-5,7-8,13,17H,6H2,1-2H3. The van der Waals surface area contributed by atoms with Gasteiger partial charge >= 0.3 is 0 Å². The van der Waals surface area contributed by atoms with Crippen molar-refractivity contribution in [2.45, 2.75) is 19.4 Å². The van der Waals surface area contributed by atoms with Crippen LogP contribution in [-0.4, -0.2) is 14.9 Å². The van der Waals surface area contributed by atoms with Crippen LogP contribution in [0.25, 0.3) is 0 Å². The van der Waals surface area contributed by atoms with Crippen molar-refractivity contribution in [2.24, 2.45) is 7.05 Å². The van der Waals surface area contributed by atoms with Crippen LogP contribution < -0.4 is 0 Å². The quantitative estimate of drug-likeness (QED) is 0.883. The van der Waals surface area contributed by atoms with Crippen molar-refractivity contribution in [3.63, 3.8) is 0 Å². The van der Waals surface area contributed by atoms with Gasteiger partial charge in [-0.25, -0.2) is 4.39 Å². The van der Waals surface area contributed by atoms with Crippen molar-refractivity contribution < 1.29 is 9.50 Å². The maximum absolute atomic E-state index is 13.6. The first-order chi connectivity index (χ1) is 8.06. The molecule has 0 saturated heterocycles. The molecule has 1 aromatic carbocycles. The van der Waals surface area contributed by atoms with E-state index in [9.17, 15) is 9.50 Å². The van der Waals surface area contributed by atoms with Crippen LogP contribution in [0.15, 0.2) is 30.6 Å². The summed E-state index contributed by atoms with van der Waals surface area (Å²) >= 11 is 0. The third kappa shape index (κ3) is 2.71. The zero-order chi connectivity index (χ0) is 12.4. The number of hydrogen-bond acceptors (Lipinski definition) is 2. The molecular formula is C13H15FN2O. The Bertz CT molecular complexity index is 522. The topological polar surface area (TPSA) is 38.1 Å². The van der Waals surface area contributed by atoms with Crippen LogP contribution in [0.5, 0.6) is 0 Å². The molecule has 0 aliphatic carbocycles. The molecule has 1 atom stereocenters. The molecule has 0 spiro atoms. The van der Waals surface area contributed by atoms with E-state index in [-0.39, 0.29) is 5.82 Å². The Kier molecular flexibility index (Phi) is 3.24. The van der Waals surface area contributed by atoms with Gasteiger partial charge in [0.1, 0.15) is 5.82 Å². The van der Waals surface area contributed by atoms with Crippen LogP contribution in [0.4, 0.5) is 4.39 Å². The fourth-order valence-corrected chi connectivity index (χ4v) is 1.81. The number of aryl methyl sites for hydroxylation is 2. The first kappa shape index (κ1) is 11.8. The van der Waals surface area contributed by atoms with Gasteiger partial charge < -0.3 is 5.11 Å². The van der Waals surface area contributed by atoms with E-state index in [2.05, 4.69) is 5.10 Å². The Morgan fingerprint density at radius 1 is 1.47 bits per heavy atom. The summed E-state index contributed by atoms with van der Waals surface area (Å²) in [4.78, 5) is 0. The second kappa shape index (κ2) is 4.67. The van der Waals surface area contributed by atoms with E-state index in [1.54, 1.807) is 23.0 Å². The van der Waals surface area contributed by atoms with E-state index < -0.39 is 6.10 Å². The van der Waals surface area contributed by atoms with Gasteiger partial charge in [-0.3, -0.25) is 4.68 Å². The number of aromatic nitrogens is 2. The summed E-state index contributed by atoms with van der Waals surface area (Å²) in [6.07, 6.45) is 3.03. The molecule has 0 bridgehead atoms. The molecule has 0 aliphatic rings. The van der Waals surface area contributed by atoms with Gasteiger partial charge in [0.15, 0.2) is 0 Å². The lowest BCUT2D eigenvalue weighted by Gasteiger charge is -2.11. The number of benzene rings is 1. The summed E-state index contributed by atoms with van der Waals surface area (Å²) < 4.78 is 15.3. The Balaban J connectivity index is 2.17. The van der Waals surface area contributed by atoms with E-state index in [1.165, 1.54) is 6.07 Å². The minimum absolute atomic E-state index is 0.333. The van der Waals surface area contributed by atoms with Crippen LogP contribution >= 0.6 is 0 Å². The smallest absolute Gasteiger partial charge is 0.129 e. The summed E-state index contributed by atoms with van der Waals surface area (Å²) in [5, 5.41) is 14.0. The fourth-order valence-electron chi connectivity index (χ4n) is 1.81. The summed E-state index contributed by atoms with van der Waals surface area (Å²) in [5.41, 5.74) is 2.07. The van der Waals surface area contributed by atoms with Crippen molar-refractivity contribution in [1.82, 2.24) is 9.78 Å². The molecule has 0 amide bonds. The van der Waals surface area contributed by atoms with E-state index in [0.29, 0.717) is 12.0 Å². The minimum Gasteiger partial charge on any atom is -0.388 e. The molecule has 0 fully saturated rings. The van der Waals surface area contributed by atoms with Crippen molar-refractivity contribution in [3.05, 3.63) is 53.1 Å². The number of halogens is 1. The molecule has 0 saturated carbocycles. The van der Waals surface area contributed by atoms with E-state index in [4.69, 9.17) is 0 Å². The molecule has 1 N–H and O–H groups in total. The van der Waals surface area contributed by atoms with Gasteiger partial charge in [0, 0.05) is 25.2 Å². The van der Waals surface area contributed by atoms with Crippen molar-refractivity contribution in [1.29, 1.82) is 0 Å². The third-order valence-corrected chi connectivity index (χ3v) is 2.70. The largest absolute Gasteiger partial charge is 0.388 e. The Morgan fingerprint density at radius 2 is 2.24 bits per heavy atom. The maximum atomic E-state index is 13.6. The summed E-state index contributed by atoms with van der Waals surface area (Å²) in [6, 6.07) is 4.86. The zero-order valence-electron chi connectivity index (χ0n) is 9.89. The summed E-state index contributed by atoms with van der Waals surface area (Å²) in [5.74, 6) is -0.360. The molecule has 1 unspecified atom stereocenters. The molecule has 0 radical (unpaired) electrons. The average Bonchev–Trinajstić information content (AvgIpc) is 2.63. The Hall–Kier alpha value is -1.68. The lowest BCUT2D eigenvalue weighted by Crippen LogP contribution is -2.04. The van der Waals surface area contributed by atoms with Crippen LogP contribution in [0.1, 0.15) is 22.8 Å². The Morgan fingerprint density at radius 3 is 2.82 bits per heavy atom. The van der Waals surface area contributed by atoms with Crippen molar-refractivity contribution in [2.75, 3.05) is 0 Å². The van der Waals surface area contributed by atoms with Crippen LogP contribution in [0.2, 0.25) is 0 Å². The predicted molar refractivity (Wildman–Crippen MR) is 63.0 cm³/mol. The molecule has 1 heterocycles. The van der Waals surface area contributed by atoms with Gasteiger partial charge in [0.05, 0.1) is 12.3 Å². The molecular weight excluding hydrogens is 219 g/mol. The van der Waals surface area contributed by atoms with Gasteiger partial charge in [-0.2, -0.15) is 5.10 Å². The Labute approximate surface area is 99.5 Å². The lowest BCUT2D eigenvalue weighted by atomic mass is 10.0. The van der Waals surface area contributed by atoms with Crippen molar-refractivity contribution >= 4 is 0 Å². The van der Waals surface area contributed by atoms with Gasteiger partial charge in [-0.15, -0.1) is 0 Å². The molecule has 2 aromatic rings. The number of hydrogen-bond donors (Lipinski definition) is 1. The second-order valence-corrected chi connectivity index (χ2v) is 4.27. The van der Waals surface area contributed by atoms with Crippen LogP contribution in [-0.2, 0) is 13.5 Å². The summed E-state index contributed by atoms with van der Waals surface area (Å²) in [6.45, 7) is 1.82. The lowest BCUT2D eigenvalue weighted by molar-refractivity contribution is 0.173. The molecule has 1 aromatic heterocycles. The number of aliphatic hydroxyl groups excluding tert-OH is 1. The van der Waals surface area contributed by atoms with Gasteiger partial charge in [0.2, 0.25) is 0 Å². The molecule has 17 heavy (non-hydrogen) atoms. The molecule has 90 valence electrons. The first-order valence-electron chi connectivity index (χ1n) is 5.48. The van der Waals surface area contributed by atoms with Gasteiger partial charge in [-0.05, 0) is 24.1 Å². The maximum Gasteiger partial charge on any atom is 0.129 e. The average molecular weight is 234 g/mol. The third-order valence-electron chi connectivity index (χ3n) is 2.70. The SMILES string of the molecule is Cc1ccc(C(O)Cc2cnn(C)c2)c(F)c1. The van der Waals surface area contributed by atoms with Crippen LogP contribution in [0, 0.1) is 12.7 Å². The van der Waals surface area contributed by atoms with Crippen molar-refractivity contribution in [3.8, 4) is 0 Å². The second-order valence-electron chi connectivity index (χ2n) is 4.27. The minimum atomic E-state index is -0.834. The normalized spacial score (nSPS) is 12.7. The summed E-state index contributed by atoms with van der Waals surface area (Å²) in [7, 11) is 1.81. The monoisotopic (exact) mass is 234 g/mol. The molecule has 2 rings (SSSR count). The van der Waals surface area contributed by atoms with Crippen LogP contribution in [0.3, 0.4) is 0 Å².